The Labute approximate surface area is 126 Å². The molecule has 8 heteroatoms. The van der Waals surface area contributed by atoms with Gasteiger partial charge >= 0.3 is 0 Å². The van der Waals surface area contributed by atoms with Gasteiger partial charge in [-0.05, 0) is 19.9 Å². The third-order valence-electron chi connectivity index (χ3n) is 3.41. The van der Waals surface area contributed by atoms with Gasteiger partial charge in [-0.2, -0.15) is 0 Å². The highest BCUT2D eigenvalue weighted by atomic mass is 35.5. The van der Waals surface area contributed by atoms with E-state index in [1.165, 1.54) is 32.0 Å². The van der Waals surface area contributed by atoms with Crippen molar-refractivity contribution in [2.24, 2.45) is 0 Å². The number of benzene rings is 1. The number of nitrogens with two attached hydrogens (primary N) is 1. The minimum Gasteiger partial charge on any atom is -0.380 e. The molecule has 0 bridgehead atoms. The minimum atomic E-state index is -3.54. The van der Waals surface area contributed by atoms with E-state index in [-0.39, 0.29) is 27.7 Å². The quantitative estimate of drug-likeness (QED) is 0.933. The third kappa shape index (κ3) is 2.51. The third-order valence-corrected chi connectivity index (χ3v) is 5.74. The van der Waals surface area contributed by atoms with E-state index < -0.39 is 20.4 Å². The number of halogens is 2. The Morgan fingerprint density at radius 2 is 2.00 bits per heavy atom. The molecule has 1 heterocycles. The van der Waals surface area contributed by atoms with E-state index in [0.29, 0.717) is 0 Å². The fourth-order valence-electron chi connectivity index (χ4n) is 1.84. The molecule has 114 valence electrons. The summed E-state index contributed by atoms with van der Waals surface area (Å²) in [5.41, 5.74) is 5.87. The van der Waals surface area contributed by atoms with E-state index in [0.717, 1.165) is 6.26 Å². The Kier molecular flexibility index (Phi) is 3.75. The van der Waals surface area contributed by atoms with Crippen molar-refractivity contribution in [2.45, 2.75) is 18.6 Å². The predicted octanol–water partition coefficient (Wildman–Crippen LogP) is 3.00. The SMILES string of the molecule is CC(C)(c1onc(N)c1-c1cccc(Cl)c1F)S(C)(=O)=O. The van der Waals surface area contributed by atoms with E-state index >= 15 is 0 Å². The van der Waals surface area contributed by atoms with Gasteiger partial charge in [0.15, 0.2) is 21.4 Å². The van der Waals surface area contributed by atoms with E-state index in [4.69, 9.17) is 21.9 Å². The second-order valence-electron chi connectivity index (χ2n) is 5.16. The zero-order valence-electron chi connectivity index (χ0n) is 11.6. The lowest BCUT2D eigenvalue weighted by atomic mass is 9.99. The molecule has 0 spiro atoms. The molecule has 0 saturated heterocycles. The molecule has 0 aliphatic rings. The largest absolute Gasteiger partial charge is 0.380 e. The number of hydrogen-bond donors (Lipinski definition) is 1. The summed E-state index contributed by atoms with van der Waals surface area (Å²) in [7, 11) is -3.54. The number of sulfone groups is 1. The molecule has 1 aromatic heterocycles. The molecular weight excluding hydrogens is 319 g/mol. The van der Waals surface area contributed by atoms with Crippen LogP contribution in [0.15, 0.2) is 22.7 Å². The Hall–Kier alpha value is -1.60. The van der Waals surface area contributed by atoms with Gasteiger partial charge in [-0.15, -0.1) is 0 Å². The van der Waals surface area contributed by atoms with Crippen molar-refractivity contribution in [3.8, 4) is 11.1 Å². The van der Waals surface area contributed by atoms with Crippen molar-refractivity contribution in [1.29, 1.82) is 0 Å². The second-order valence-corrected chi connectivity index (χ2v) is 8.13. The van der Waals surface area contributed by atoms with Crippen LogP contribution in [0.1, 0.15) is 19.6 Å². The molecule has 21 heavy (non-hydrogen) atoms. The molecule has 0 radical (unpaired) electrons. The van der Waals surface area contributed by atoms with Crippen LogP contribution in [0, 0.1) is 5.82 Å². The summed E-state index contributed by atoms with van der Waals surface area (Å²) in [4.78, 5) is 0. The molecular formula is C13H14ClFN2O3S. The summed E-state index contributed by atoms with van der Waals surface area (Å²) in [6.45, 7) is 2.88. The standard InChI is InChI=1S/C13H14ClFN2O3S/c1-13(2,21(3,18)19)11-9(12(16)17-20-11)7-5-4-6-8(14)10(7)15/h4-6H,1-3H3,(H2,16,17). The normalized spacial score (nSPS) is 12.6. The van der Waals surface area contributed by atoms with Gasteiger partial charge in [-0.25, -0.2) is 12.8 Å². The lowest BCUT2D eigenvalue weighted by molar-refractivity contribution is 0.357. The average Bonchev–Trinajstić information content (AvgIpc) is 2.74. The fourth-order valence-corrected chi connectivity index (χ4v) is 2.49. The highest BCUT2D eigenvalue weighted by Gasteiger charge is 2.40. The smallest absolute Gasteiger partial charge is 0.175 e. The van der Waals surface area contributed by atoms with Crippen molar-refractivity contribution in [1.82, 2.24) is 5.16 Å². The van der Waals surface area contributed by atoms with Crippen LogP contribution in [0.2, 0.25) is 5.02 Å². The maximum atomic E-state index is 14.2. The van der Waals surface area contributed by atoms with Crippen LogP contribution in [0.25, 0.3) is 11.1 Å². The van der Waals surface area contributed by atoms with Crippen LogP contribution >= 0.6 is 11.6 Å². The van der Waals surface area contributed by atoms with Crippen molar-refractivity contribution in [3.05, 3.63) is 34.8 Å². The Morgan fingerprint density at radius 1 is 1.38 bits per heavy atom. The summed E-state index contributed by atoms with van der Waals surface area (Å²) in [6.07, 6.45) is 1.06. The van der Waals surface area contributed by atoms with Gasteiger partial charge in [-0.1, -0.05) is 28.9 Å². The van der Waals surface area contributed by atoms with Crippen LogP contribution in [0.5, 0.6) is 0 Å². The van der Waals surface area contributed by atoms with Crippen molar-refractivity contribution in [2.75, 3.05) is 12.0 Å². The predicted molar refractivity (Wildman–Crippen MR) is 79.2 cm³/mol. The number of nitrogen functional groups attached to an aromatic ring is 1. The molecule has 5 nitrogen and oxygen atoms in total. The van der Waals surface area contributed by atoms with Gasteiger partial charge in [0, 0.05) is 11.8 Å². The van der Waals surface area contributed by atoms with E-state index in [1.54, 1.807) is 0 Å². The van der Waals surface area contributed by atoms with Crippen molar-refractivity contribution >= 4 is 27.3 Å². The molecule has 2 aromatic rings. The van der Waals surface area contributed by atoms with Gasteiger partial charge in [0.2, 0.25) is 0 Å². The molecule has 2 rings (SSSR count). The Balaban J connectivity index is 2.79. The topological polar surface area (TPSA) is 86.2 Å². The first kappa shape index (κ1) is 15.8. The van der Waals surface area contributed by atoms with E-state index in [2.05, 4.69) is 5.16 Å². The van der Waals surface area contributed by atoms with Crippen LogP contribution < -0.4 is 5.73 Å². The van der Waals surface area contributed by atoms with E-state index in [1.807, 2.05) is 0 Å². The number of rotatable bonds is 3. The average molecular weight is 333 g/mol. The first-order valence-electron chi connectivity index (χ1n) is 5.97. The molecule has 0 fully saturated rings. The van der Waals surface area contributed by atoms with Crippen LogP contribution in [0.3, 0.4) is 0 Å². The summed E-state index contributed by atoms with van der Waals surface area (Å²) in [6, 6.07) is 4.35. The van der Waals surface area contributed by atoms with Gasteiger partial charge in [0.05, 0.1) is 10.6 Å². The summed E-state index contributed by atoms with van der Waals surface area (Å²) >= 11 is 5.75. The van der Waals surface area contributed by atoms with Crippen LogP contribution in [-0.4, -0.2) is 19.8 Å². The molecule has 1 aromatic carbocycles. The zero-order valence-corrected chi connectivity index (χ0v) is 13.2. The molecule has 0 atom stereocenters. The van der Waals surface area contributed by atoms with Gasteiger partial charge in [0.25, 0.3) is 0 Å². The number of anilines is 1. The molecule has 0 unspecified atom stereocenters. The fraction of sp³-hybridized carbons (Fsp3) is 0.308. The summed E-state index contributed by atoms with van der Waals surface area (Å²) in [5, 5.41) is 3.47. The van der Waals surface area contributed by atoms with Gasteiger partial charge in [0.1, 0.15) is 10.6 Å². The molecule has 0 aliphatic carbocycles. The van der Waals surface area contributed by atoms with E-state index in [9.17, 15) is 12.8 Å². The summed E-state index contributed by atoms with van der Waals surface area (Å²) in [5.74, 6) is -0.828. The monoisotopic (exact) mass is 332 g/mol. The van der Waals surface area contributed by atoms with Crippen LogP contribution in [-0.2, 0) is 14.6 Å². The zero-order chi connectivity index (χ0) is 16.0. The second kappa shape index (κ2) is 4.99. The van der Waals surface area contributed by atoms with Crippen LogP contribution in [0.4, 0.5) is 10.2 Å². The van der Waals surface area contributed by atoms with Gasteiger partial charge in [-0.3, -0.25) is 0 Å². The maximum Gasteiger partial charge on any atom is 0.175 e. The molecule has 0 aliphatic heterocycles. The summed E-state index contributed by atoms with van der Waals surface area (Å²) < 4.78 is 41.8. The first-order valence-corrected chi connectivity index (χ1v) is 8.24. The first-order chi connectivity index (χ1) is 9.57. The van der Waals surface area contributed by atoms with Gasteiger partial charge < -0.3 is 10.3 Å². The van der Waals surface area contributed by atoms with Crippen molar-refractivity contribution in [3.63, 3.8) is 0 Å². The number of aromatic nitrogens is 1. The Bertz CT molecular complexity index is 800. The maximum absolute atomic E-state index is 14.2. The lowest BCUT2D eigenvalue weighted by Gasteiger charge is -2.20. The highest BCUT2D eigenvalue weighted by molar-refractivity contribution is 7.91. The molecule has 0 amide bonds. The minimum absolute atomic E-state index is 0.0244. The Morgan fingerprint density at radius 3 is 2.57 bits per heavy atom. The number of hydrogen-bond acceptors (Lipinski definition) is 5. The lowest BCUT2D eigenvalue weighted by Crippen LogP contribution is -2.28. The molecule has 0 saturated carbocycles. The number of nitrogens with zero attached hydrogens (tertiary/aromatic N) is 1. The highest BCUT2D eigenvalue weighted by Crippen LogP contribution is 2.41. The molecule has 2 N–H and O–H groups in total. The van der Waals surface area contributed by atoms with Crippen molar-refractivity contribution < 1.29 is 17.3 Å².